The van der Waals surface area contributed by atoms with Crippen LogP contribution in [-0.2, 0) is 14.8 Å². The molecule has 1 fully saturated rings. The second-order valence-electron chi connectivity index (χ2n) is 2.67. The fourth-order valence-electron chi connectivity index (χ4n) is 1.20. The molecule has 0 bridgehead atoms. The third kappa shape index (κ3) is 2.63. The smallest absolute Gasteiger partial charge is 0.123 e. The molecule has 0 amide bonds. The third-order valence-electron chi connectivity index (χ3n) is 1.84. The fraction of sp³-hybridized carbons (Fsp3) is 0.333. The Morgan fingerprint density at radius 2 is 1.92 bits per heavy atom. The lowest BCUT2D eigenvalue weighted by molar-refractivity contribution is -0.551. The Kier molecular flexibility index (Phi) is 4.11. The Labute approximate surface area is 81.5 Å². The summed E-state index contributed by atoms with van der Waals surface area (Å²) in [6, 6.07) is 9.96. The van der Waals surface area contributed by atoms with Gasteiger partial charge in [-0.1, -0.05) is 35.4 Å². The molecule has 1 aliphatic rings. The summed E-state index contributed by atoms with van der Waals surface area (Å²) >= 11 is 0. The van der Waals surface area contributed by atoms with E-state index in [9.17, 15) is 0 Å². The number of hydrogen-bond acceptors (Lipinski definition) is 3. The monoisotopic (exact) mass is 198 g/mol. The van der Waals surface area contributed by atoms with Crippen molar-refractivity contribution in [2.75, 3.05) is 6.61 Å². The van der Waals surface area contributed by atoms with Crippen LogP contribution in [0.15, 0.2) is 30.3 Å². The van der Waals surface area contributed by atoms with Gasteiger partial charge in [0.05, 0.1) is 6.61 Å². The molecule has 0 radical (unpaired) electrons. The van der Waals surface area contributed by atoms with Crippen molar-refractivity contribution in [1.82, 2.24) is 0 Å². The summed E-state index contributed by atoms with van der Waals surface area (Å²) in [6.07, 6.45) is 0.851. The normalized spacial score (nSPS) is 22.0. The predicted octanol–water partition coefficient (Wildman–Crippen LogP) is 0.560. The van der Waals surface area contributed by atoms with Gasteiger partial charge in [-0.05, 0) is 16.5 Å². The summed E-state index contributed by atoms with van der Waals surface area (Å²) in [5.41, 5.74) is 1.13. The van der Waals surface area contributed by atoms with Crippen LogP contribution >= 0.6 is 0 Å². The van der Waals surface area contributed by atoms with Gasteiger partial charge in [-0.15, -0.1) is 0 Å². The third-order valence-corrected chi connectivity index (χ3v) is 1.84. The molecular weight excluding hydrogens is 184 g/mol. The van der Waals surface area contributed by atoms with Crippen LogP contribution in [0.3, 0.4) is 0 Å². The molecule has 0 aromatic heterocycles. The van der Waals surface area contributed by atoms with Gasteiger partial charge >= 0.3 is 0 Å². The van der Waals surface area contributed by atoms with Crippen LogP contribution in [0.2, 0.25) is 0 Å². The molecule has 1 aliphatic heterocycles. The average molecular weight is 198 g/mol. The van der Waals surface area contributed by atoms with Crippen molar-refractivity contribution in [3.05, 3.63) is 35.9 Å². The molecular formula is C9H14O3Si. The molecule has 1 heterocycles. The molecule has 1 saturated heterocycles. The van der Waals surface area contributed by atoms with Gasteiger partial charge < -0.3 is 0 Å². The van der Waals surface area contributed by atoms with E-state index in [4.69, 9.17) is 4.89 Å². The summed E-state index contributed by atoms with van der Waals surface area (Å²) in [5, 5.41) is 4.44. The van der Waals surface area contributed by atoms with Crippen molar-refractivity contribution in [3.63, 3.8) is 0 Å². The highest BCUT2D eigenvalue weighted by Crippen LogP contribution is 2.24. The molecule has 1 atom stereocenters. The maximum absolute atomic E-state index is 4.94. The van der Waals surface area contributed by atoms with Crippen LogP contribution in [0.1, 0.15) is 18.1 Å². The fourth-order valence-corrected chi connectivity index (χ4v) is 1.20. The van der Waals surface area contributed by atoms with E-state index in [1.165, 1.54) is 0 Å². The van der Waals surface area contributed by atoms with Gasteiger partial charge in [-0.25, -0.2) is 4.89 Å². The quantitative estimate of drug-likeness (QED) is 0.487. The first-order valence-electron chi connectivity index (χ1n) is 3.97. The van der Waals surface area contributed by atoms with E-state index < -0.39 is 0 Å². The molecule has 13 heavy (non-hydrogen) atoms. The summed E-state index contributed by atoms with van der Waals surface area (Å²) in [4.78, 5) is 9.54. The van der Waals surface area contributed by atoms with Gasteiger partial charge in [0, 0.05) is 6.42 Å². The van der Waals surface area contributed by atoms with Crippen LogP contribution in [0, 0.1) is 0 Å². The van der Waals surface area contributed by atoms with Crippen molar-refractivity contribution in [2.45, 2.75) is 12.5 Å². The number of rotatable bonds is 1. The second kappa shape index (κ2) is 5.13. The molecule has 0 aliphatic carbocycles. The lowest BCUT2D eigenvalue weighted by Gasteiger charge is -2.19. The van der Waals surface area contributed by atoms with Gasteiger partial charge in [0.2, 0.25) is 0 Å². The Balaban J connectivity index is 0.000000845. The largest absolute Gasteiger partial charge is 0.206 e. The SMILES string of the molecule is [SiH4].c1ccc(C2CCOOO2)cc1. The topological polar surface area (TPSA) is 27.7 Å². The lowest BCUT2D eigenvalue weighted by atomic mass is 10.1. The highest BCUT2D eigenvalue weighted by molar-refractivity contribution is 5.75. The predicted molar refractivity (Wildman–Crippen MR) is 53.3 cm³/mol. The maximum Gasteiger partial charge on any atom is 0.123 e. The van der Waals surface area contributed by atoms with E-state index in [0.29, 0.717) is 6.61 Å². The molecule has 2 rings (SSSR count). The zero-order valence-corrected chi connectivity index (χ0v) is 6.60. The van der Waals surface area contributed by atoms with Gasteiger partial charge in [-0.3, -0.25) is 0 Å². The summed E-state index contributed by atoms with van der Waals surface area (Å²) in [6.45, 7) is 0.583. The van der Waals surface area contributed by atoms with Crippen molar-refractivity contribution in [3.8, 4) is 0 Å². The average Bonchev–Trinajstić information content (AvgIpc) is 2.21. The lowest BCUT2D eigenvalue weighted by Crippen LogP contribution is -2.14. The molecule has 1 aromatic rings. The highest BCUT2D eigenvalue weighted by Gasteiger charge is 2.17. The van der Waals surface area contributed by atoms with Crippen molar-refractivity contribution >= 4 is 11.0 Å². The molecule has 0 saturated carbocycles. The Hall–Kier alpha value is -0.683. The van der Waals surface area contributed by atoms with E-state index >= 15 is 0 Å². The van der Waals surface area contributed by atoms with Crippen molar-refractivity contribution in [1.29, 1.82) is 0 Å². The van der Waals surface area contributed by atoms with Gasteiger partial charge in [0.1, 0.15) is 6.10 Å². The number of benzene rings is 1. The van der Waals surface area contributed by atoms with Gasteiger partial charge in [0.15, 0.2) is 0 Å². The minimum atomic E-state index is 0. The summed E-state index contributed by atoms with van der Waals surface area (Å²) in [5.74, 6) is 0. The molecule has 72 valence electrons. The molecule has 0 N–H and O–H groups in total. The van der Waals surface area contributed by atoms with E-state index in [2.05, 4.69) is 9.93 Å². The van der Waals surface area contributed by atoms with E-state index in [-0.39, 0.29) is 17.1 Å². The molecule has 4 heteroatoms. The van der Waals surface area contributed by atoms with Gasteiger partial charge in [0.25, 0.3) is 0 Å². The first kappa shape index (κ1) is 10.4. The molecule has 1 unspecified atom stereocenters. The van der Waals surface area contributed by atoms with Crippen LogP contribution in [-0.4, -0.2) is 17.6 Å². The number of hydrogen-bond donors (Lipinski definition) is 0. The van der Waals surface area contributed by atoms with E-state index in [1.54, 1.807) is 0 Å². The second-order valence-corrected chi connectivity index (χ2v) is 2.67. The summed E-state index contributed by atoms with van der Waals surface area (Å²) in [7, 11) is 0. The first-order chi connectivity index (χ1) is 5.97. The minimum Gasteiger partial charge on any atom is -0.206 e. The van der Waals surface area contributed by atoms with E-state index in [0.717, 1.165) is 12.0 Å². The van der Waals surface area contributed by atoms with Crippen LogP contribution in [0.25, 0.3) is 0 Å². The molecule has 3 nitrogen and oxygen atoms in total. The zero-order chi connectivity index (χ0) is 8.23. The zero-order valence-electron chi connectivity index (χ0n) is 6.60. The van der Waals surface area contributed by atoms with Crippen LogP contribution < -0.4 is 0 Å². The summed E-state index contributed by atoms with van der Waals surface area (Å²) < 4.78 is 0. The van der Waals surface area contributed by atoms with Crippen LogP contribution in [0.4, 0.5) is 0 Å². The van der Waals surface area contributed by atoms with E-state index in [1.807, 2.05) is 30.3 Å². The first-order valence-corrected chi connectivity index (χ1v) is 3.97. The maximum atomic E-state index is 4.94. The van der Waals surface area contributed by atoms with Crippen molar-refractivity contribution < 1.29 is 14.8 Å². The molecule has 0 spiro atoms. The minimum absolute atomic E-state index is 0. The van der Waals surface area contributed by atoms with Gasteiger partial charge in [-0.2, -0.15) is 4.89 Å². The Morgan fingerprint density at radius 3 is 2.54 bits per heavy atom. The Bertz CT molecular complexity index is 234. The van der Waals surface area contributed by atoms with Crippen molar-refractivity contribution in [2.24, 2.45) is 0 Å². The highest BCUT2D eigenvalue weighted by atomic mass is 28.1. The molecule has 1 aromatic carbocycles. The standard InChI is InChI=1S/C9H10O3.H4Si/c1-2-4-8(5-3-1)9-6-7-10-12-11-9;/h1-5,9H,6-7H2;1H4. The Morgan fingerprint density at radius 1 is 1.15 bits per heavy atom. The van der Waals surface area contributed by atoms with Crippen LogP contribution in [0.5, 0.6) is 0 Å².